The molecule has 0 aliphatic rings. The van der Waals surface area contributed by atoms with Crippen LogP contribution < -0.4 is 10.6 Å². The lowest BCUT2D eigenvalue weighted by atomic mass is 10.2. The van der Waals surface area contributed by atoms with E-state index in [4.69, 9.17) is 23.2 Å². The van der Waals surface area contributed by atoms with Crippen LogP contribution in [0.15, 0.2) is 36.7 Å². The highest BCUT2D eigenvalue weighted by atomic mass is 35.5. The van der Waals surface area contributed by atoms with E-state index in [1.807, 2.05) is 0 Å². The number of pyridine rings is 1. The van der Waals surface area contributed by atoms with Crippen molar-refractivity contribution in [2.45, 2.75) is 26.2 Å². The molecule has 2 N–H and O–H groups in total. The fourth-order valence-electron chi connectivity index (χ4n) is 2.07. The number of carbonyl (C=O) groups is 1. The van der Waals surface area contributed by atoms with Crippen LogP contribution in [0.1, 0.15) is 36.5 Å². The van der Waals surface area contributed by atoms with Crippen molar-refractivity contribution in [1.29, 1.82) is 0 Å². The van der Waals surface area contributed by atoms with Gasteiger partial charge in [-0.15, -0.1) is 0 Å². The Hall–Kier alpha value is -1.78. The molecule has 1 aromatic carbocycles. The number of nitrogens with zero attached hydrogens (tertiary/aromatic N) is 1. The Bertz CT molecular complexity index is 656. The molecule has 0 unspecified atom stereocenters. The number of nitrogens with one attached hydrogen (secondary N) is 2. The molecule has 0 radical (unpaired) electrons. The van der Waals surface area contributed by atoms with E-state index in [0.29, 0.717) is 33.5 Å². The van der Waals surface area contributed by atoms with E-state index in [0.717, 1.165) is 19.3 Å². The first kappa shape index (κ1) is 17.6. The molecule has 0 spiro atoms. The lowest BCUT2D eigenvalue weighted by Crippen LogP contribution is -2.24. The third-order valence-electron chi connectivity index (χ3n) is 3.30. The van der Waals surface area contributed by atoms with Gasteiger partial charge in [0.15, 0.2) is 0 Å². The third kappa shape index (κ3) is 5.12. The van der Waals surface area contributed by atoms with E-state index >= 15 is 0 Å². The molecule has 0 saturated carbocycles. The average molecular weight is 352 g/mol. The Morgan fingerprint density at radius 3 is 2.61 bits per heavy atom. The van der Waals surface area contributed by atoms with Crippen LogP contribution in [0.4, 0.5) is 11.4 Å². The van der Waals surface area contributed by atoms with Gasteiger partial charge in [-0.3, -0.25) is 9.78 Å². The molecule has 0 aliphatic carbocycles. The molecule has 0 bridgehead atoms. The van der Waals surface area contributed by atoms with Crippen molar-refractivity contribution < 1.29 is 4.79 Å². The molecule has 0 atom stereocenters. The summed E-state index contributed by atoms with van der Waals surface area (Å²) in [5, 5.41) is 7.01. The highest BCUT2D eigenvalue weighted by molar-refractivity contribution is 6.39. The molecule has 2 rings (SSSR count). The van der Waals surface area contributed by atoms with E-state index in [-0.39, 0.29) is 5.91 Å². The average Bonchev–Trinajstić information content (AvgIpc) is 2.55. The predicted molar refractivity (Wildman–Crippen MR) is 95.8 cm³/mol. The van der Waals surface area contributed by atoms with Gasteiger partial charge in [0, 0.05) is 12.7 Å². The predicted octanol–water partition coefficient (Wildman–Crippen LogP) is 5.05. The largest absolute Gasteiger partial charge is 0.352 e. The number of halogens is 2. The van der Waals surface area contributed by atoms with Gasteiger partial charge in [-0.05, 0) is 24.6 Å². The van der Waals surface area contributed by atoms with Crippen LogP contribution >= 0.6 is 23.2 Å². The Balaban J connectivity index is 2.06. The van der Waals surface area contributed by atoms with Crippen molar-refractivity contribution >= 4 is 40.5 Å². The monoisotopic (exact) mass is 351 g/mol. The molecular formula is C17H19Cl2N3O. The topological polar surface area (TPSA) is 54.0 Å². The number of carbonyl (C=O) groups excluding carboxylic acids is 1. The standard InChI is InChI=1S/C17H19Cl2N3O/c1-2-3-4-8-21-17(23)12-9-13(11-20-10-12)22-16-14(18)6-5-7-15(16)19/h5-7,9-11,22H,2-4,8H2,1H3,(H,21,23). The summed E-state index contributed by atoms with van der Waals surface area (Å²) >= 11 is 12.3. The number of para-hydroxylation sites is 1. The third-order valence-corrected chi connectivity index (χ3v) is 3.93. The Morgan fingerprint density at radius 2 is 1.91 bits per heavy atom. The fourth-order valence-corrected chi connectivity index (χ4v) is 2.56. The maximum Gasteiger partial charge on any atom is 0.252 e. The maximum atomic E-state index is 12.1. The van der Waals surface area contributed by atoms with Gasteiger partial charge in [-0.25, -0.2) is 0 Å². The second-order valence-corrected chi connectivity index (χ2v) is 5.96. The number of unbranched alkanes of at least 4 members (excludes halogenated alkanes) is 2. The first-order valence-corrected chi connectivity index (χ1v) is 8.31. The van der Waals surface area contributed by atoms with E-state index in [1.54, 1.807) is 30.5 Å². The summed E-state index contributed by atoms with van der Waals surface area (Å²) in [4.78, 5) is 16.2. The molecule has 0 aliphatic heterocycles. The first-order chi connectivity index (χ1) is 11.1. The lowest BCUT2D eigenvalue weighted by molar-refractivity contribution is 0.0952. The van der Waals surface area contributed by atoms with Crippen LogP contribution in [0.2, 0.25) is 10.0 Å². The zero-order valence-electron chi connectivity index (χ0n) is 12.9. The van der Waals surface area contributed by atoms with Crippen molar-refractivity contribution in [3.63, 3.8) is 0 Å². The van der Waals surface area contributed by atoms with Gasteiger partial charge >= 0.3 is 0 Å². The molecule has 1 amide bonds. The van der Waals surface area contributed by atoms with E-state index < -0.39 is 0 Å². The molecule has 0 saturated heterocycles. The van der Waals surface area contributed by atoms with Crippen LogP contribution in [0, 0.1) is 0 Å². The molecule has 122 valence electrons. The Morgan fingerprint density at radius 1 is 1.17 bits per heavy atom. The van der Waals surface area contributed by atoms with Crippen molar-refractivity contribution in [1.82, 2.24) is 10.3 Å². The number of hydrogen-bond donors (Lipinski definition) is 2. The minimum atomic E-state index is -0.137. The van der Waals surface area contributed by atoms with E-state index in [2.05, 4.69) is 22.5 Å². The summed E-state index contributed by atoms with van der Waals surface area (Å²) in [6, 6.07) is 6.98. The van der Waals surface area contributed by atoms with Crippen molar-refractivity contribution in [3.05, 3.63) is 52.3 Å². The van der Waals surface area contributed by atoms with Crippen LogP contribution in [-0.2, 0) is 0 Å². The minimum Gasteiger partial charge on any atom is -0.352 e. The molecule has 0 fully saturated rings. The van der Waals surface area contributed by atoms with Crippen LogP contribution in [0.3, 0.4) is 0 Å². The highest BCUT2D eigenvalue weighted by Crippen LogP contribution is 2.32. The number of amides is 1. The molecule has 4 nitrogen and oxygen atoms in total. The number of aromatic nitrogens is 1. The van der Waals surface area contributed by atoms with Gasteiger partial charge in [0.1, 0.15) is 0 Å². The van der Waals surface area contributed by atoms with Gasteiger partial charge in [-0.2, -0.15) is 0 Å². The summed E-state index contributed by atoms with van der Waals surface area (Å²) in [6.07, 6.45) is 6.35. The summed E-state index contributed by atoms with van der Waals surface area (Å²) in [5.41, 5.74) is 1.74. The minimum absolute atomic E-state index is 0.137. The second kappa shape index (κ2) is 8.75. The molecule has 6 heteroatoms. The SMILES string of the molecule is CCCCCNC(=O)c1cncc(Nc2c(Cl)cccc2Cl)c1. The summed E-state index contributed by atoms with van der Waals surface area (Å²) in [5.74, 6) is -0.137. The lowest BCUT2D eigenvalue weighted by Gasteiger charge is -2.11. The smallest absolute Gasteiger partial charge is 0.252 e. The van der Waals surface area contributed by atoms with Crippen LogP contribution in [-0.4, -0.2) is 17.4 Å². The second-order valence-electron chi connectivity index (χ2n) is 5.15. The van der Waals surface area contributed by atoms with Gasteiger partial charge in [0.2, 0.25) is 0 Å². The van der Waals surface area contributed by atoms with Crippen molar-refractivity contribution in [2.75, 3.05) is 11.9 Å². The fraction of sp³-hybridized carbons (Fsp3) is 0.294. The molecule has 2 aromatic rings. The number of anilines is 2. The van der Waals surface area contributed by atoms with Crippen LogP contribution in [0.25, 0.3) is 0 Å². The van der Waals surface area contributed by atoms with E-state index in [9.17, 15) is 4.79 Å². The first-order valence-electron chi connectivity index (χ1n) is 7.56. The molecule has 23 heavy (non-hydrogen) atoms. The Labute approximate surface area is 146 Å². The maximum absolute atomic E-state index is 12.1. The zero-order valence-corrected chi connectivity index (χ0v) is 14.4. The van der Waals surface area contributed by atoms with Gasteiger partial charge in [0.05, 0.1) is 33.2 Å². The van der Waals surface area contributed by atoms with Crippen molar-refractivity contribution in [2.24, 2.45) is 0 Å². The number of benzene rings is 1. The van der Waals surface area contributed by atoms with E-state index in [1.165, 1.54) is 6.20 Å². The number of rotatable bonds is 7. The zero-order chi connectivity index (χ0) is 16.7. The number of hydrogen-bond acceptors (Lipinski definition) is 3. The Kier molecular flexibility index (Phi) is 6.68. The molecule has 1 heterocycles. The van der Waals surface area contributed by atoms with Gasteiger partial charge < -0.3 is 10.6 Å². The molecular weight excluding hydrogens is 333 g/mol. The van der Waals surface area contributed by atoms with Gasteiger partial charge in [0.25, 0.3) is 5.91 Å². The summed E-state index contributed by atoms with van der Waals surface area (Å²) < 4.78 is 0. The summed E-state index contributed by atoms with van der Waals surface area (Å²) in [7, 11) is 0. The summed E-state index contributed by atoms with van der Waals surface area (Å²) in [6.45, 7) is 2.79. The van der Waals surface area contributed by atoms with Gasteiger partial charge in [-0.1, -0.05) is 49.0 Å². The van der Waals surface area contributed by atoms with Crippen molar-refractivity contribution in [3.8, 4) is 0 Å². The quantitative estimate of drug-likeness (QED) is 0.686. The molecule has 1 aromatic heterocycles. The van der Waals surface area contributed by atoms with Crippen LogP contribution in [0.5, 0.6) is 0 Å². The highest BCUT2D eigenvalue weighted by Gasteiger charge is 2.09. The normalized spacial score (nSPS) is 10.4.